The minimum atomic E-state index is -0.0323. The number of thioether (sulfide) groups is 1. The van der Waals surface area contributed by atoms with Gasteiger partial charge in [-0.1, -0.05) is 5.16 Å². The van der Waals surface area contributed by atoms with Gasteiger partial charge >= 0.3 is 0 Å². The lowest BCUT2D eigenvalue weighted by atomic mass is 10.1. The highest BCUT2D eigenvalue weighted by molar-refractivity contribution is 7.99. The third kappa shape index (κ3) is 3.68. The van der Waals surface area contributed by atoms with Gasteiger partial charge in [-0.15, -0.1) is 0 Å². The van der Waals surface area contributed by atoms with Crippen LogP contribution in [0.5, 0.6) is 0 Å². The summed E-state index contributed by atoms with van der Waals surface area (Å²) in [4.78, 5) is 4.36. The molecule has 1 aromatic heterocycles. The van der Waals surface area contributed by atoms with Crippen molar-refractivity contribution in [3.8, 4) is 0 Å². The van der Waals surface area contributed by atoms with Crippen molar-refractivity contribution in [2.24, 2.45) is 0 Å². The topological polar surface area (TPSA) is 69.4 Å². The van der Waals surface area contributed by atoms with E-state index in [0.717, 1.165) is 44.0 Å². The molecule has 2 fully saturated rings. The Labute approximate surface area is 116 Å². The molecule has 2 aliphatic rings. The molecule has 0 saturated carbocycles. The van der Waals surface area contributed by atoms with Crippen molar-refractivity contribution >= 4 is 11.8 Å². The molecule has 1 atom stereocenters. The summed E-state index contributed by atoms with van der Waals surface area (Å²) in [5.41, 5.74) is 0. The van der Waals surface area contributed by atoms with E-state index in [1.165, 1.54) is 0 Å². The van der Waals surface area contributed by atoms with Crippen LogP contribution in [0.15, 0.2) is 4.52 Å². The monoisotopic (exact) mass is 285 g/mol. The van der Waals surface area contributed by atoms with Crippen molar-refractivity contribution in [3.63, 3.8) is 0 Å². The van der Waals surface area contributed by atoms with Gasteiger partial charge in [0, 0.05) is 11.5 Å². The fourth-order valence-corrected chi connectivity index (χ4v) is 3.09. The van der Waals surface area contributed by atoms with E-state index < -0.39 is 0 Å². The average Bonchev–Trinajstić information content (AvgIpc) is 2.96. The van der Waals surface area contributed by atoms with Crippen LogP contribution in [0, 0.1) is 0 Å². The van der Waals surface area contributed by atoms with E-state index in [4.69, 9.17) is 14.0 Å². The van der Waals surface area contributed by atoms with Gasteiger partial charge in [-0.2, -0.15) is 16.7 Å². The third-order valence-corrected chi connectivity index (χ3v) is 4.31. The van der Waals surface area contributed by atoms with Gasteiger partial charge in [0.25, 0.3) is 5.89 Å². The molecular weight excluding hydrogens is 266 g/mol. The Hall–Kier alpha value is -0.630. The third-order valence-electron chi connectivity index (χ3n) is 3.32. The molecular formula is C12H19N3O3S. The lowest BCUT2D eigenvalue weighted by molar-refractivity contribution is 0.00858. The zero-order valence-electron chi connectivity index (χ0n) is 10.8. The first-order valence-electron chi connectivity index (χ1n) is 6.76. The number of ether oxygens (including phenoxy) is 2. The Balaban J connectivity index is 1.49. The minimum absolute atomic E-state index is 0.0323. The van der Waals surface area contributed by atoms with Gasteiger partial charge in [0.2, 0.25) is 5.82 Å². The molecule has 0 aliphatic carbocycles. The van der Waals surface area contributed by atoms with E-state index in [0.29, 0.717) is 24.4 Å². The van der Waals surface area contributed by atoms with Crippen molar-refractivity contribution in [2.75, 3.05) is 31.2 Å². The number of hydrogen-bond acceptors (Lipinski definition) is 7. The Bertz CT molecular complexity index is 389. The number of hydrogen-bond donors (Lipinski definition) is 1. The highest BCUT2D eigenvalue weighted by atomic mass is 32.2. The Morgan fingerprint density at radius 3 is 3.05 bits per heavy atom. The van der Waals surface area contributed by atoms with Crippen LogP contribution in [0.4, 0.5) is 0 Å². The van der Waals surface area contributed by atoms with Gasteiger partial charge in [0.15, 0.2) is 0 Å². The standard InChI is InChI=1S/C12H19N3O3S/c1-3-13-4-2-9(1)17-7-11-14-12(15-18-11)10-8-19-6-5-16-10/h9-10,13H,1-8H2. The lowest BCUT2D eigenvalue weighted by Gasteiger charge is -2.22. The van der Waals surface area contributed by atoms with Crippen molar-refractivity contribution in [1.29, 1.82) is 0 Å². The van der Waals surface area contributed by atoms with Crippen molar-refractivity contribution in [2.45, 2.75) is 31.7 Å². The molecule has 2 aliphatic heterocycles. The van der Waals surface area contributed by atoms with Crippen molar-refractivity contribution < 1.29 is 14.0 Å². The highest BCUT2D eigenvalue weighted by Gasteiger charge is 2.22. The molecule has 6 nitrogen and oxygen atoms in total. The summed E-state index contributed by atoms with van der Waals surface area (Å²) >= 11 is 1.86. The summed E-state index contributed by atoms with van der Waals surface area (Å²) in [6, 6.07) is 0. The second-order valence-corrected chi connectivity index (χ2v) is 5.89. The van der Waals surface area contributed by atoms with E-state index in [-0.39, 0.29) is 6.10 Å². The van der Waals surface area contributed by atoms with Crippen LogP contribution < -0.4 is 5.32 Å². The molecule has 7 heteroatoms. The summed E-state index contributed by atoms with van der Waals surface area (Å²) in [6.45, 7) is 3.20. The number of nitrogens with one attached hydrogen (secondary N) is 1. The fraction of sp³-hybridized carbons (Fsp3) is 0.833. The summed E-state index contributed by atoms with van der Waals surface area (Å²) in [6.07, 6.45) is 2.36. The summed E-state index contributed by atoms with van der Waals surface area (Å²) < 4.78 is 16.6. The number of aromatic nitrogens is 2. The maximum atomic E-state index is 5.79. The van der Waals surface area contributed by atoms with E-state index in [1.54, 1.807) is 0 Å². The zero-order chi connectivity index (χ0) is 12.9. The van der Waals surface area contributed by atoms with Crippen LogP contribution >= 0.6 is 11.8 Å². The predicted octanol–water partition coefficient (Wildman–Crippen LogP) is 1.14. The summed E-state index contributed by atoms with van der Waals surface area (Å²) in [5, 5.41) is 7.30. The zero-order valence-corrected chi connectivity index (χ0v) is 11.7. The summed E-state index contributed by atoms with van der Waals surface area (Å²) in [7, 11) is 0. The van der Waals surface area contributed by atoms with Gasteiger partial charge in [0.1, 0.15) is 12.7 Å². The lowest BCUT2D eigenvalue weighted by Crippen LogP contribution is -2.32. The SMILES string of the molecule is C1CC(OCc2nc(C3CSCCO3)no2)CCN1. The summed E-state index contributed by atoms with van der Waals surface area (Å²) in [5.74, 6) is 3.14. The molecule has 3 heterocycles. The first-order valence-corrected chi connectivity index (χ1v) is 7.91. The second-order valence-electron chi connectivity index (χ2n) is 4.74. The van der Waals surface area contributed by atoms with Crippen LogP contribution in [-0.2, 0) is 16.1 Å². The van der Waals surface area contributed by atoms with Crippen molar-refractivity contribution in [3.05, 3.63) is 11.7 Å². The average molecular weight is 285 g/mol. The van der Waals surface area contributed by atoms with Gasteiger partial charge in [-0.05, 0) is 25.9 Å². The first kappa shape index (κ1) is 13.4. The van der Waals surface area contributed by atoms with Gasteiger partial charge in [-0.25, -0.2) is 0 Å². The predicted molar refractivity (Wildman–Crippen MR) is 71.0 cm³/mol. The van der Waals surface area contributed by atoms with Gasteiger partial charge in [-0.3, -0.25) is 0 Å². The molecule has 2 saturated heterocycles. The maximum Gasteiger partial charge on any atom is 0.252 e. The number of piperidine rings is 1. The highest BCUT2D eigenvalue weighted by Crippen LogP contribution is 2.24. The molecule has 1 aromatic rings. The van der Waals surface area contributed by atoms with E-state index >= 15 is 0 Å². The minimum Gasteiger partial charge on any atom is -0.368 e. The molecule has 0 radical (unpaired) electrons. The van der Waals surface area contributed by atoms with Crippen molar-refractivity contribution in [1.82, 2.24) is 15.5 Å². The van der Waals surface area contributed by atoms with Gasteiger partial charge < -0.3 is 19.3 Å². The van der Waals surface area contributed by atoms with Gasteiger partial charge in [0.05, 0.1) is 12.7 Å². The molecule has 19 heavy (non-hydrogen) atoms. The normalized spacial score (nSPS) is 25.6. The quantitative estimate of drug-likeness (QED) is 0.889. The molecule has 1 unspecified atom stereocenters. The maximum absolute atomic E-state index is 5.79. The molecule has 0 amide bonds. The Morgan fingerprint density at radius 1 is 1.37 bits per heavy atom. The number of rotatable bonds is 4. The van der Waals surface area contributed by atoms with Crippen LogP contribution in [0.1, 0.15) is 30.7 Å². The fourth-order valence-electron chi connectivity index (χ4n) is 2.25. The molecule has 0 bridgehead atoms. The van der Waals surface area contributed by atoms with Crippen LogP contribution in [0.25, 0.3) is 0 Å². The largest absolute Gasteiger partial charge is 0.368 e. The molecule has 1 N–H and O–H groups in total. The smallest absolute Gasteiger partial charge is 0.252 e. The van der Waals surface area contributed by atoms with Crippen LogP contribution in [0.3, 0.4) is 0 Å². The molecule has 3 rings (SSSR count). The molecule has 0 spiro atoms. The van der Waals surface area contributed by atoms with Crippen LogP contribution in [-0.4, -0.2) is 47.4 Å². The van der Waals surface area contributed by atoms with E-state index in [2.05, 4.69) is 15.5 Å². The first-order chi connectivity index (χ1) is 9.42. The Morgan fingerprint density at radius 2 is 2.26 bits per heavy atom. The van der Waals surface area contributed by atoms with Crippen LogP contribution in [0.2, 0.25) is 0 Å². The van der Waals surface area contributed by atoms with E-state index in [9.17, 15) is 0 Å². The number of nitrogens with zero attached hydrogens (tertiary/aromatic N) is 2. The molecule has 106 valence electrons. The second kappa shape index (κ2) is 6.69. The van der Waals surface area contributed by atoms with E-state index in [1.807, 2.05) is 11.8 Å². The Kier molecular flexibility index (Phi) is 4.71. The molecule has 0 aromatic carbocycles.